The van der Waals surface area contributed by atoms with Crippen molar-refractivity contribution in [1.29, 1.82) is 0 Å². The molecule has 2 aromatic heterocycles. The molecular formula is C22H22ClN5O2S. The number of nitrogens with one attached hydrogen (secondary N) is 1. The molecule has 4 aromatic rings. The minimum atomic E-state index is -0.223. The van der Waals surface area contributed by atoms with E-state index in [1.165, 1.54) is 11.8 Å². The van der Waals surface area contributed by atoms with E-state index in [0.717, 1.165) is 32.3 Å². The molecule has 0 fully saturated rings. The van der Waals surface area contributed by atoms with Gasteiger partial charge in [-0.05, 0) is 49.6 Å². The van der Waals surface area contributed by atoms with Crippen LogP contribution in [0.2, 0.25) is 5.02 Å². The number of hydrogen-bond donors (Lipinski definition) is 1. The van der Waals surface area contributed by atoms with Gasteiger partial charge in [0.1, 0.15) is 5.69 Å². The third-order valence-corrected chi connectivity index (χ3v) is 6.29. The lowest BCUT2D eigenvalue weighted by Gasteiger charge is -2.08. The maximum atomic E-state index is 12.7. The minimum absolute atomic E-state index is 0.0918. The number of amides is 1. The number of nitrogens with zero attached hydrogens (tertiary/aromatic N) is 4. The van der Waals surface area contributed by atoms with E-state index < -0.39 is 0 Å². The first-order valence-electron chi connectivity index (χ1n) is 9.91. The molecule has 0 radical (unpaired) electrons. The molecule has 2 heterocycles. The lowest BCUT2D eigenvalue weighted by Crippen LogP contribution is -2.18. The number of anilines is 1. The fourth-order valence-electron chi connectivity index (χ4n) is 3.42. The number of benzene rings is 2. The number of carbonyl (C=O) groups excluding carboxylic acids is 1. The second kappa shape index (κ2) is 9.11. The molecule has 7 nitrogen and oxygen atoms in total. The average molecular weight is 456 g/mol. The Morgan fingerprint density at radius 3 is 2.81 bits per heavy atom. The van der Waals surface area contributed by atoms with Gasteiger partial charge in [-0.2, -0.15) is 0 Å². The number of hydrogen-bond acceptors (Lipinski definition) is 6. The fraction of sp³-hybridized carbons (Fsp3) is 0.273. The summed E-state index contributed by atoms with van der Waals surface area (Å²) in [6.07, 6.45) is 0.0918. The van der Waals surface area contributed by atoms with Crippen LogP contribution >= 0.6 is 23.4 Å². The maximum absolute atomic E-state index is 12.7. The van der Waals surface area contributed by atoms with Crippen molar-refractivity contribution in [2.45, 2.75) is 44.6 Å². The van der Waals surface area contributed by atoms with E-state index in [0.29, 0.717) is 29.5 Å². The van der Waals surface area contributed by atoms with Gasteiger partial charge in [0.15, 0.2) is 10.7 Å². The van der Waals surface area contributed by atoms with Crippen LogP contribution in [0.25, 0.3) is 11.0 Å². The van der Waals surface area contributed by atoms with Crippen molar-refractivity contribution in [3.8, 4) is 0 Å². The van der Waals surface area contributed by atoms with Gasteiger partial charge in [-0.3, -0.25) is 14.7 Å². The summed E-state index contributed by atoms with van der Waals surface area (Å²) in [6, 6.07) is 11.7. The molecule has 31 heavy (non-hydrogen) atoms. The van der Waals surface area contributed by atoms with E-state index in [1.54, 1.807) is 0 Å². The summed E-state index contributed by atoms with van der Waals surface area (Å²) in [7, 11) is 0. The summed E-state index contributed by atoms with van der Waals surface area (Å²) in [5, 5.41) is 17.7. The zero-order valence-corrected chi connectivity index (χ0v) is 19.0. The molecule has 0 aliphatic heterocycles. The Morgan fingerprint density at radius 1 is 1.23 bits per heavy atom. The van der Waals surface area contributed by atoms with E-state index >= 15 is 0 Å². The van der Waals surface area contributed by atoms with E-state index in [4.69, 9.17) is 16.1 Å². The van der Waals surface area contributed by atoms with Gasteiger partial charge >= 0.3 is 0 Å². The molecule has 0 aliphatic rings. The first-order chi connectivity index (χ1) is 15.0. The Balaban J connectivity index is 1.47. The van der Waals surface area contributed by atoms with Crippen LogP contribution in [-0.2, 0) is 23.5 Å². The summed E-state index contributed by atoms with van der Waals surface area (Å²) >= 11 is 7.76. The maximum Gasteiger partial charge on any atom is 0.232 e. The Hall–Kier alpha value is -2.84. The summed E-state index contributed by atoms with van der Waals surface area (Å²) < 4.78 is 7.31. The highest BCUT2D eigenvalue weighted by Crippen LogP contribution is 2.27. The zero-order valence-electron chi connectivity index (χ0n) is 17.5. The number of fused-ring (bicyclic) bond motifs is 1. The molecule has 0 saturated carbocycles. The SMILES string of the molecule is CCn1c(NC(=O)Cc2noc3c(C)cc(C)cc23)nnc1SCc1ccccc1Cl. The average Bonchev–Trinajstić information content (AvgIpc) is 3.31. The van der Waals surface area contributed by atoms with Gasteiger partial charge in [-0.15, -0.1) is 10.2 Å². The Morgan fingerprint density at radius 2 is 2.03 bits per heavy atom. The Labute approximate surface area is 189 Å². The lowest BCUT2D eigenvalue weighted by molar-refractivity contribution is -0.115. The topological polar surface area (TPSA) is 85.8 Å². The van der Waals surface area contributed by atoms with Crippen molar-refractivity contribution >= 4 is 46.2 Å². The largest absolute Gasteiger partial charge is 0.356 e. The van der Waals surface area contributed by atoms with E-state index in [1.807, 2.05) is 61.7 Å². The van der Waals surface area contributed by atoms with Gasteiger partial charge in [0.25, 0.3) is 0 Å². The molecule has 4 rings (SSSR count). The molecule has 9 heteroatoms. The zero-order chi connectivity index (χ0) is 22.0. The van der Waals surface area contributed by atoms with Gasteiger partial charge in [0.05, 0.1) is 6.42 Å². The number of aromatic nitrogens is 4. The summed E-state index contributed by atoms with van der Waals surface area (Å²) in [6.45, 7) is 6.58. The lowest BCUT2D eigenvalue weighted by atomic mass is 10.1. The van der Waals surface area contributed by atoms with Gasteiger partial charge < -0.3 is 4.52 Å². The highest BCUT2D eigenvalue weighted by atomic mass is 35.5. The standard InChI is InChI=1S/C22H22ClN5O2S/c1-4-28-21(25-26-22(28)31-12-15-7-5-6-8-17(15)23)24-19(29)11-18-16-10-13(2)9-14(3)20(16)30-27-18/h5-10H,4,11-12H2,1-3H3,(H,24,25,29). The second-order valence-electron chi connectivity index (χ2n) is 7.24. The van der Waals surface area contributed by atoms with E-state index in [9.17, 15) is 4.79 Å². The van der Waals surface area contributed by atoms with Crippen molar-refractivity contribution in [3.63, 3.8) is 0 Å². The smallest absolute Gasteiger partial charge is 0.232 e. The fourth-order valence-corrected chi connectivity index (χ4v) is 4.71. The normalized spacial score (nSPS) is 11.2. The van der Waals surface area contributed by atoms with Gasteiger partial charge in [0.2, 0.25) is 11.9 Å². The van der Waals surface area contributed by atoms with Crippen LogP contribution in [-0.4, -0.2) is 25.8 Å². The van der Waals surface area contributed by atoms with E-state index in [2.05, 4.69) is 20.7 Å². The highest BCUT2D eigenvalue weighted by molar-refractivity contribution is 7.98. The van der Waals surface area contributed by atoms with Gasteiger partial charge in [-0.25, -0.2) is 0 Å². The van der Waals surface area contributed by atoms with Crippen LogP contribution in [0.4, 0.5) is 5.95 Å². The van der Waals surface area contributed by atoms with Crippen LogP contribution < -0.4 is 5.32 Å². The van der Waals surface area contributed by atoms with Crippen molar-refractivity contribution in [2.24, 2.45) is 0 Å². The number of carbonyl (C=O) groups is 1. The molecule has 0 spiro atoms. The van der Waals surface area contributed by atoms with Crippen LogP contribution in [0, 0.1) is 13.8 Å². The van der Waals surface area contributed by atoms with Crippen molar-refractivity contribution in [2.75, 3.05) is 5.32 Å². The molecule has 0 aliphatic carbocycles. The van der Waals surface area contributed by atoms with Crippen LogP contribution in [0.1, 0.15) is 29.3 Å². The van der Waals surface area contributed by atoms with Gasteiger partial charge in [0, 0.05) is 22.7 Å². The third kappa shape index (κ3) is 4.60. The summed E-state index contributed by atoms with van der Waals surface area (Å²) in [5.41, 5.74) is 4.44. The Bertz CT molecular complexity index is 1250. The monoisotopic (exact) mass is 455 g/mol. The first kappa shape index (κ1) is 21.4. The molecule has 2 aromatic carbocycles. The minimum Gasteiger partial charge on any atom is -0.356 e. The molecule has 0 bridgehead atoms. The number of rotatable bonds is 7. The molecule has 1 N–H and O–H groups in total. The highest BCUT2D eigenvalue weighted by Gasteiger charge is 2.18. The molecule has 160 valence electrons. The third-order valence-electron chi connectivity index (χ3n) is 4.90. The second-order valence-corrected chi connectivity index (χ2v) is 8.59. The number of aryl methyl sites for hydroxylation is 2. The molecule has 1 amide bonds. The Kier molecular flexibility index (Phi) is 6.29. The number of halogens is 1. The van der Waals surface area contributed by atoms with Crippen molar-refractivity contribution < 1.29 is 9.32 Å². The van der Waals surface area contributed by atoms with Crippen LogP contribution in [0.5, 0.6) is 0 Å². The molecule has 0 unspecified atom stereocenters. The first-order valence-corrected chi connectivity index (χ1v) is 11.3. The summed E-state index contributed by atoms with van der Waals surface area (Å²) in [4.78, 5) is 12.7. The molecule has 0 saturated heterocycles. The summed E-state index contributed by atoms with van der Waals surface area (Å²) in [5.74, 6) is 0.850. The van der Waals surface area contributed by atoms with Crippen LogP contribution in [0.15, 0.2) is 46.1 Å². The van der Waals surface area contributed by atoms with Gasteiger partial charge in [-0.1, -0.05) is 52.8 Å². The van der Waals surface area contributed by atoms with Crippen LogP contribution in [0.3, 0.4) is 0 Å². The number of thioether (sulfide) groups is 1. The van der Waals surface area contributed by atoms with Crippen molar-refractivity contribution in [1.82, 2.24) is 19.9 Å². The predicted octanol–water partition coefficient (Wildman–Crippen LogP) is 5.18. The quantitative estimate of drug-likeness (QED) is 0.386. The predicted molar refractivity (Wildman–Crippen MR) is 123 cm³/mol. The van der Waals surface area contributed by atoms with E-state index in [-0.39, 0.29) is 12.3 Å². The molecule has 0 atom stereocenters. The van der Waals surface area contributed by atoms with Crippen molar-refractivity contribution in [3.05, 3.63) is 63.8 Å². The molecular weight excluding hydrogens is 434 g/mol.